The molecule has 1 aromatic heterocycles. The van der Waals surface area contributed by atoms with Gasteiger partial charge < -0.3 is 14.6 Å². The number of methoxy groups -OCH3 is 1. The number of amides is 1. The fraction of sp³-hybridized carbons (Fsp3) is 0.333. The zero-order chi connectivity index (χ0) is 14.9. The van der Waals surface area contributed by atoms with Gasteiger partial charge in [0.2, 0.25) is 5.91 Å². The Morgan fingerprint density at radius 1 is 1.38 bits per heavy atom. The molecule has 1 amide bonds. The Kier molecular flexibility index (Phi) is 6.30. The van der Waals surface area contributed by atoms with Gasteiger partial charge >= 0.3 is 0 Å². The third kappa shape index (κ3) is 5.24. The predicted molar refractivity (Wildman–Crippen MR) is 83.4 cm³/mol. The van der Waals surface area contributed by atoms with Crippen molar-refractivity contribution in [2.75, 3.05) is 26.0 Å². The molecule has 0 spiro atoms. The monoisotopic (exact) mass is 305 g/mol. The second-order valence-electron chi connectivity index (χ2n) is 4.45. The first-order valence-corrected chi connectivity index (χ1v) is 7.71. The van der Waals surface area contributed by atoms with E-state index in [0.29, 0.717) is 18.9 Å². The van der Waals surface area contributed by atoms with Gasteiger partial charge in [-0.25, -0.2) is 4.98 Å². The molecule has 0 atom stereocenters. The van der Waals surface area contributed by atoms with E-state index in [2.05, 4.69) is 22.4 Å². The fourth-order valence-corrected chi connectivity index (χ4v) is 2.60. The van der Waals surface area contributed by atoms with Crippen molar-refractivity contribution in [2.45, 2.75) is 11.7 Å². The van der Waals surface area contributed by atoms with Crippen LogP contribution in [0.2, 0.25) is 0 Å². The summed E-state index contributed by atoms with van der Waals surface area (Å²) in [5.74, 6) is 0.349. The van der Waals surface area contributed by atoms with Crippen molar-refractivity contribution in [3.05, 3.63) is 48.3 Å². The van der Waals surface area contributed by atoms with Crippen LogP contribution in [0.5, 0.6) is 0 Å². The largest absolute Gasteiger partial charge is 0.383 e. The average molecular weight is 305 g/mol. The van der Waals surface area contributed by atoms with Gasteiger partial charge in [0.15, 0.2) is 5.16 Å². The van der Waals surface area contributed by atoms with Crippen molar-refractivity contribution in [1.29, 1.82) is 0 Å². The van der Waals surface area contributed by atoms with Crippen molar-refractivity contribution in [3.63, 3.8) is 0 Å². The van der Waals surface area contributed by atoms with Crippen LogP contribution in [0.1, 0.15) is 5.56 Å². The molecule has 2 aromatic rings. The standard InChI is InChI=1S/C15H19N3O2S/c1-20-10-8-16-14(19)12-21-15-17-7-9-18(15)11-13-5-3-2-4-6-13/h2-7,9H,8,10-12H2,1H3,(H,16,19). The van der Waals surface area contributed by atoms with Gasteiger partial charge in [-0.1, -0.05) is 42.1 Å². The highest BCUT2D eigenvalue weighted by molar-refractivity contribution is 7.99. The highest BCUT2D eigenvalue weighted by atomic mass is 32.2. The minimum atomic E-state index is -0.00805. The quantitative estimate of drug-likeness (QED) is 0.597. The number of aromatic nitrogens is 2. The normalized spacial score (nSPS) is 10.5. The predicted octanol–water partition coefficient (Wildman–Crippen LogP) is 1.79. The molecule has 0 saturated carbocycles. The van der Waals surface area contributed by atoms with E-state index in [4.69, 9.17) is 4.74 Å². The number of carbonyl (C=O) groups excluding carboxylic acids is 1. The number of carbonyl (C=O) groups is 1. The number of imidazole rings is 1. The van der Waals surface area contributed by atoms with E-state index in [1.165, 1.54) is 17.3 Å². The van der Waals surface area contributed by atoms with Gasteiger partial charge in [0, 0.05) is 32.6 Å². The lowest BCUT2D eigenvalue weighted by Crippen LogP contribution is -2.28. The molecule has 0 aliphatic carbocycles. The first-order chi connectivity index (χ1) is 10.3. The smallest absolute Gasteiger partial charge is 0.230 e. The second-order valence-corrected chi connectivity index (χ2v) is 5.40. The molecule has 2 rings (SSSR count). The molecule has 6 heteroatoms. The van der Waals surface area contributed by atoms with E-state index in [-0.39, 0.29) is 5.91 Å². The number of hydrogen-bond acceptors (Lipinski definition) is 4. The minimum absolute atomic E-state index is 0.00805. The maximum atomic E-state index is 11.7. The molecule has 21 heavy (non-hydrogen) atoms. The van der Waals surface area contributed by atoms with Gasteiger partial charge in [-0.3, -0.25) is 4.79 Å². The number of ether oxygens (including phenoxy) is 1. The molecule has 1 aromatic carbocycles. The number of rotatable bonds is 8. The Labute approximate surface area is 128 Å². The lowest BCUT2D eigenvalue weighted by molar-refractivity contribution is -0.118. The Morgan fingerprint density at radius 3 is 2.95 bits per heavy atom. The van der Waals surface area contributed by atoms with Crippen LogP contribution in [-0.2, 0) is 16.1 Å². The zero-order valence-electron chi connectivity index (χ0n) is 12.0. The summed E-state index contributed by atoms with van der Waals surface area (Å²) in [6.07, 6.45) is 3.69. The SMILES string of the molecule is COCCNC(=O)CSc1nccn1Cc1ccccc1. The maximum absolute atomic E-state index is 11.7. The van der Waals surface area contributed by atoms with Crippen LogP contribution >= 0.6 is 11.8 Å². The van der Waals surface area contributed by atoms with Gasteiger partial charge in [-0.05, 0) is 5.56 Å². The van der Waals surface area contributed by atoms with Crippen molar-refractivity contribution < 1.29 is 9.53 Å². The molecule has 1 N–H and O–H groups in total. The molecular formula is C15H19N3O2S. The topological polar surface area (TPSA) is 56.1 Å². The lowest BCUT2D eigenvalue weighted by atomic mass is 10.2. The van der Waals surface area contributed by atoms with Gasteiger partial charge in [-0.15, -0.1) is 0 Å². The summed E-state index contributed by atoms with van der Waals surface area (Å²) in [5, 5.41) is 3.64. The third-order valence-corrected chi connectivity index (χ3v) is 3.84. The van der Waals surface area contributed by atoms with Crippen molar-refractivity contribution >= 4 is 17.7 Å². The maximum Gasteiger partial charge on any atom is 0.230 e. The number of nitrogens with one attached hydrogen (secondary N) is 1. The summed E-state index contributed by atoms with van der Waals surface area (Å²) in [6.45, 7) is 1.82. The summed E-state index contributed by atoms with van der Waals surface area (Å²) < 4.78 is 6.93. The summed E-state index contributed by atoms with van der Waals surface area (Å²) >= 11 is 1.44. The third-order valence-electron chi connectivity index (χ3n) is 2.83. The summed E-state index contributed by atoms with van der Waals surface area (Å²) in [4.78, 5) is 16.0. The molecular weight excluding hydrogens is 286 g/mol. The second kappa shape index (κ2) is 8.49. The van der Waals surface area contributed by atoms with E-state index in [9.17, 15) is 4.79 Å². The summed E-state index contributed by atoms with van der Waals surface area (Å²) in [5.41, 5.74) is 1.21. The van der Waals surface area contributed by atoms with Crippen LogP contribution in [0.4, 0.5) is 0 Å². The van der Waals surface area contributed by atoms with Crippen LogP contribution in [0, 0.1) is 0 Å². The Bertz CT molecular complexity index is 557. The van der Waals surface area contributed by atoms with Gasteiger partial charge in [0.05, 0.1) is 12.4 Å². The Balaban J connectivity index is 1.84. The molecule has 0 unspecified atom stereocenters. The number of thioether (sulfide) groups is 1. The van der Waals surface area contributed by atoms with Crippen molar-refractivity contribution in [2.24, 2.45) is 0 Å². The molecule has 0 saturated heterocycles. The molecule has 0 fully saturated rings. The number of benzene rings is 1. The van der Waals surface area contributed by atoms with Crippen LogP contribution in [0.3, 0.4) is 0 Å². The van der Waals surface area contributed by atoms with E-state index in [1.807, 2.05) is 29.0 Å². The van der Waals surface area contributed by atoms with E-state index >= 15 is 0 Å². The molecule has 1 heterocycles. The van der Waals surface area contributed by atoms with Gasteiger partial charge in [0.1, 0.15) is 0 Å². The first-order valence-electron chi connectivity index (χ1n) is 6.73. The molecule has 0 aliphatic rings. The Morgan fingerprint density at radius 2 is 2.19 bits per heavy atom. The summed E-state index contributed by atoms with van der Waals surface area (Å²) in [7, 11) is 1.61. The van der Waals surface area contributed by atoms with E-state index in [1.54, 1.807) is 13.3 Å². The van der Waals surface area contributed by atoms with Gasteiger partial charge in [-0.2, -0.15) is 0 Å². The number of nitrogens with zero attached hydrogens (tertiary/aromatic N) is 2. The van der Waals surface area contributed by atoms with Crippen LogP contribution < -0.4 is 5.32 Å². The van der Waals surface area contributed by atoms with Crippen LogP contribution in [-0.4, -0.2) is 41.5 Å². The van der Waals surface area contributed by atoms with E-state index in [0.717, 1.165) is 11.7 Å². The molecule has 0 bridgehead atoms. The highest BCUT2D eigenvalue weighted by Gasteiger charge is 2.07. The van der Waals surface area contributed by atoms with Crippen LogP contribution in [0.25, 0.3) is 0 Å². The minimum Gasteiger partial charge on any atom is -0.383 e. The molecule has 0 radical (unpaired) electrons. The van der Waals surface area contributed by atoms with Crippen molar-refractivity contribution in [1.82, 2.24) is 14.9 Å². The Hall–Kier alpha value is -1.79. The zero-order valence-corrected chi connectivity index (χ0v) is 12.8. The average Bonchev–Trinajstić information content (AvgIpc) is 2.94. The van der Waals surface area contributed by atoms with E-state index < -0.39 is 0 Å². The summed E-state index contributed by atoms with van der Waals surface area (Å²) in [6, 6.07) is 10.2. The molecule has 5 nitrogen and oxygen atoms in total. The highest BCUT2D eigenvalue weighted by Crippen LogP contribution is 2.16. The van der Waals surface area contributed by atoms with Crippen molar-refractivity contribution in [3.8, 4) is 0 Å². The lowest BCUT2D eigenvalue weighted by Gasteiger charge is -2.08. The fourth-order valence-electron chi connectivity index (χ4n) is 1.81. The van der Waals surface area contributed by atoms with Gasteiger partial charge in [0.25, 0.3) is 0 Å². The molecule has 0 aliphatic heterocycles. The molecule has 112 valence electrons. The first kappa shape index (κ1) is 15.6. The number of hydrogen-bond donors (Lipinski definition) is 1. The van der Waals surface area contributed by atoms with Crippen LogP contribution in [0.15, 0.2) is 47.9 Å².